The van der Waals surface area contributed by atoms with Gasteiger partial charge in [0.25, 0.3) is 5.91 Å². The van der Waals surface area contributed by atoms with Gasteiger partial charge in [-0.1, -0.05) is 11.6 Å². The second-order valence-electron chi connectivity index (χ2n) is 7.94. The number of thiazole rings is 1. The maximum atomic E-state index is 13.0. The van der Waals surface area contributed by atoms with Gasteiger partial charge in [0.15, 0.2) is 0 Å². The summed E-state index contributed by atoms with van der Waals surface area (Å²) in [5.74, 6) is 2.77. The Kier molecular flexibility index (Phi) is 3.89. The number of rotatable bonds is 3. The number of nitrogens with zero attached hydrogens (tertiary/aromatic N) is 4. The first kappa shape index (κ1) is 17.0. The van der Waals surface area contributed by atoms with E-state index in [4.69, 9.17) is 9.51 Å². The minimum atomic E-state index is 0.0331. The second kappa shape index (κ2) is 6.19. The van der Waals surface area contributed by atoms with Gasteiger partial charge in [-0.3, -0.25) is 9.20 Å². The molecule has 1 aliphatic carbocycles. The number of hydrogen-bond acceptors (Lipinski definition) is 5. The molecule has 1 amide bonds. The Morgan fingerprint density at radius 3 is 2.70 bits per heavy atom. The molecule has 2 aliphatic rings. The molecule has 5 rings (SSSR count). The molecular weight excluding hydrogens is 360 g/mol. The molecule has 0 radical (unpaired) electrons. The highest BCUT2D eigenvalue weighted by Crippen LogP contribution is 2.41. The molecule has 7 heteroatoms. The van der Waals surface area contributed by atoms with Crippen LogP contribution in [0.15, 0.2) is 9.90 Å². The topological polar surface area (TPSA) is 63.6 Å². The van der Waals surface area contributed by atoms with Crippen molar-refractivity contribution in [1.29, 1.82) is 0 Å². The predicted molar refractivity (Wildman–Crippen MR) is 104 cm³/mol. The first-order chi connectivity index (χ1) is 13.0. The van der Waals surface area contributed by atoms with E-state index in [2.05, 4.69) is 21.9 Å². The number of likely N-dealkylation sites (tertiary alicyclic amines) is 1. The third-order valence-electron chi connectivity index (χ3n) is 6.16. The Bertz CT molecular complexity index is 1010. The summed E-state index contributed by atoms with van der Waals surface area (Å²) in [5.41, 5.74) is 3.75. The molecular formula is C20H24N4O2S. The zero-order chi connectivity index (χ0) is 18.7. The maximum absolute atomic E-state index is 13.0. The van der Waals surface area contributed by atoms with Crippen molar-refractivity contribution in [1.82, 2.24) is 19.4 Å². The first-order valence-electron chi connectivity index (χ1n) is 9.73. The molecule has 2 fully saturated rings. The van der Waals surface area contributed by atoms with Gasteiger partial charge in [0.2, 0.25) is 0 Å². The number of aromatic nitrogens is 3. The van der Waals surface area contributed by atoms with Gasteiger partial charge in [-0.25, -0.2) is 4.98 Å². The van der Waals surface area contributed by atoms with E-state index >= 15 is 0 Å². The van der Waals surface area contributed by atoms with Gasteiger partial charge in [-0.2, -0.15) is 0 Å². The molecule has 1 atom stereocenters. The largest absolute Gasteiger partial charge is 0.361 e. The van der Waals surface area contributed by atoms with Crippen molar-refractivity contribution in [2.24, 2.45) is 0 Å². The molecule has 0 spiro atoms. The highest BCUT2D eigenvalue weighted by molar-refractivity contribution is 7.15. The van der Waals surface area contributed by atoms with Gasteiger partial charge < -0.3 is 9.42 Å². The predicted octanol–water partition coefficient (Wildman–Crippen LogP) is 4.21. The molecule has 3 aromatic heterocycles. The van der Waals surface area contributed by atoms with Crippen molar-refractivity contribution >= 4 is 22.1 Å². The number of carbonyl (C=O) groups is 1. The Balaban J connectivity index is 1.44. The van der Waals surface area contributed by atoms with Crippen LogP contribution in [0.5, 0.6) is 0 Å². The number of amides is 1. The summed E-state index contributed by atoms with van der Waals surface area (Å²) in [5, 5.41) is 6.16. The molecule has 27 heavy (non-hydrogen) atoms. The van der Waals surface area contributed by atoms with Crippen LogP contribution >= 0.6 is 11.3 Å². The highest BCUT2D eigenvalue weighted by atomic mass is 32.1. The Hall–Kier alpha value is -2.15. The third kappa shape index (κ3) is 2.55. The van der Waals surface area contributed by atoms with E-state index in [1.54, 1.807) is 18.3 Å². The van der Waals surface area contributed by atoms with E-state index in [0.717, 1.165) is 19.5 Å². The number of imidazole rings is 1. The van der Waals surface area contributed by atoms with Crippen molar-refractivity contribution in [3.63, 3.8) is 0 Å². The number of aryl methyl sites for hydroxylation is 3. The zero-order valence-corrected chi connectivity index (χ0v) is 16.8. The summed E-state index contributed by atoms with van der Waals surface area (Å²) < 4.78 is 7.55. The van der Waals surface area contributed by atoms with Crippen LogP contribution in [0.3, 0.4) is 0 Å². The monoisotopic (exact) mass is 384 g/mol. The van der Waals surface area contributed by atoms with Crippen LogP contribution in [0, 0.1) is 20.8 Å². The maximum Gasteiger partial charge on any atom is 0.259 e. The number of hydrogen-bond donors (Lipinski definition) is 0. The molecule has 1 unspecified atom stereocenters. The SMILES string of the molecule is Cc1noc(C)c1C(=O)N1CCC(c2nc(C3CCC3)n3c(C)csc23)C1. The molecule has 6 nitrogen and oxygen atoms in total. The van der Waals surface area contributed by atoms with Crippen molar-refractivity contribution in [3.8, 4) is 0 Å². The van der Waals surface area contributed by atoms with Gasteiger partial charge >= 0.3 is 0 Å². The molecule has 1 aliphatic heterocycles. The summed E-state index contributed by atoms with van der Waals surface area (Å²) >= 11 is 1.78. The standard InChI is InChI=1S/C20H24N4O2S/c1-11-10-27-20-17(21-18(24(11)20)14-5-4-6-14)15-7-8-23(9-15)19(25)16-12(2)22-26-13(16)3/h10,14-15H,4-9H2,1-3H3. The van der Waals surface area contributed by atoms with Crippen molar-refractivity contribution in [2.45, 2.75) is 58.3 Å². The second-order valence-corrected chi connectivity index (χ2v) is 8.79. The molecule has 1 saturated heterocycles. The van der Waals surface area contributed by atoms with Crippen LogP contribution in [0.25, 0.3) is 4.83 Å². The summed E-state index contributed by atoms with van der Waals surface area (Å²) in [4.78, 5) is 21.3. The van der Waals surface area contributed by atoms with E-state index in [-0.39, 0.29) is 5.91 Å². The number of fused-ring (bicyclic) bond motifs is 1. The van der Waals surface area contributed by atoms with Gasteiger partial charge in [-0.15, -0.1) is 11.3 Å². The molecule has 0 bridgehead atoms. The molecule has 1 saturated carbocycles. The Labute approximate surface area is 162 Å². The highest BCUT2D eigenvalue weighted by Gasteiger charge is 2.35. The fraction of sp³-hybridized carbons (Fsp3) is 0.550. The lowest BCUT2D eigenvalue weighted by Gasteiger charge is -2.24. The minimum Gasteiger partial charge on any atom is -0.361 e. The van der Waals surface area contributed by atoms with Gasteiger partial charge in [0.1, 0.15) is 22.0 Å². The molecule has 4 heterocycles. The summed E-state index contributed by atoms with van der Waals surface area (Å²) in [6, 6.07) is 0. The fourth-order valence-electron chi connectivity index (χ4n) is 4.41. The van der Waals surface area contributed by atoms with E-state index in [9.17, 15) is 4.79 Å². The van der Waals surface area contributed by atoms with Crippen molar-refractivity contribution in [2.75, 3.05) is 13.1 Å². The van der Waals surface area contributed by atoms with Crippen molar-refractivity contribution < 1.29 is 9.32 Å². The molecule has 3 aromatic rings. The van der Waals surface area contributed by atoms with Crippen LogP contribution < -0.4 is 0 Å². The quantitative estimate of drug-likeness (QED) is 0.679. The Morgan fingerprint density at radius 1 is 1.22 bits per heavy atom. The van der Waals surface area contributed by atoms with Gasteiger partial charge in [0.05, 0.1) is 11.4 Å². The normalized spacial score (nSPS) is 20.6. The zero-order valence-electron chi connectivity index (χ0n) is 16.0. The lowest BCUT2D eigenvalue weighted by molar-refractivity contribution is 0.0788. The lowest BCUT2D eigenvalue weighted by atomic mass is 9.85. The van der Waals surface area contributed by atoms with Crippen LogP contribution in [0.2, 0.25) is 0 Å². The average molecular weight is 385 g/mol. The number of carbonyl (C=O) groups excluding carboxylic acids is 1. The van der Waals surface area contributed by atoms with Gasteiger partial charge in [-0.05, 0) is 40.0 Å². The van der Waals surface area contributed by atoms with Gasteiger partial charge in [0, 0.05) is 36.0 Å². The molecule has 142 valence electrons. The van der Waals surface area contributed by atoms with Crippen molar-refractivity contribution in [3.05, 3.63) is 39.6 Å². The fourth-order valence-corrected chi connectivity index (χ4v) is 5.47. The van der Waals surface area contributed by atoms with Crippen LogP contribution in [-0.4, -0.2) is 38.4 Å². The van der Waals surface area contributed by atoms with E-state index in [1.807, 2.05) is 11.8 Å². The summed E-state index contributed by atoms with van der Waals surface area (Å²) in [6.07, 6.45) is 4.76. The van der Waals surface area contributed by atoms with Crippen LogP contribution in [0.4, 0.5) is 0 Å². The smallest absolute Gasteiger partial charge is 0.259 e. The summed E-state index contributed by atoms with van der Waals surface area (Å²) in [7, 11) is 0. The Morgan fingerprint density at radius 2 is 2.04 bits per heavy atom. The third-order valence-corrected chi connectivity index (χ3v) is 7.23. The van der Waals surface area contributed by atoms with Crippen LogP contribution in [0.1, 0.15) is 76.5 Å². The minimum absolute atomic E-state index is 0.0331. The average Bonchev–Trinajstić information content (AvgIpc) is 3.33. The molecule has 0 N–H and O–H groups in total. The van der Waals surface area contributed by atoms with E-state index < -0.39 is 0 Å². The van der Waals surface area contributed by atoms with E-state index in [1.165, 1.54) is 41.3 Å². The summed E-state index contributed by atoms with van der Waals surface area (Å²) in [6.45, 7) is 7.28. The molecule has 0 aromatic carbocycles. The van der Waals surface area contributed by atoms with Crippen LogP contribution in [-0.2, 0) is 0 Å². The lowest BCUT2D eigenvalue weighted by Crippen LogP contribution is -2.29. The van der Waals surface area contributed by atoms with E-state index in [0.29, 0.717) is 28.9 Å². The first-order valence-corrected chi connectivity index (χ1v) is 10.6.